The number of ether oxygens (including phenoxy) is 1. The van der Waals surface area contributed by atoms with Gasteiger partial charge in [-0.25, -0.2) is 15.0 Å². The van der Waals surface area contributed by atoms with Gasteiger partial charge in [0.1, 0.15) is 11.6 Å². The summed E-state index contributed by atoms with van der Waals surface area (Å²) >= 11 is 6.84. The number of hydrogen-bond acceptors (Lipinski definition) is 4. The number of aliphatic imine (C=N–C) groups is 2. The molecule has 0 fully saturated rings. The van der Waals surface area contributed by atoms with Crippen LogP contribution in [0.3, 0.4) is 0 Å². The summed E-state index contributed by atoms with van der Waals surface area (Å²) in [6.07, 6.45) is 1.86. The van der Waals surface area contributed by atoms with E-state index in [1.807, 2.05) is 95.7 Å². The van der Waals surface area contributed by atoms with Gasteiger partial charge in [-0.3, -0.25) is 4.57 Å². The molecule has 0 atom stereocenters. The third-order valence-corrected chi connectivity index (χ3v) is 8.01. The van der Waals surface area contributed by atoms with Gasteiger partial charge >= 0.3 is 0 Å². The van der Waals surface area contributed by atoms with Crippen molar-refractivity contribution in [2.75, 3.05) is 7.11 Å². The maximum Gasteiger partial charge on any atom is 0.233 e. The number of benzene rings is 5. The van der Waals surface area contributed by atoms with Gasteiger partial charge in [0.05, 0.1) is 29.7 Å². The van der Waals surface area contributed by atoms with Gasteiger partial charge in [-0.15, -0.1) is 0 Å². The molecule has 0 saturated carbocycles. The standard InChI is InChI=1S/C37H27ClN4O/c1-43-30-22-23-31(32(38)24-30)35-39-25-33(26-14-6-2-7-15-26)42(35)36-40-34(27-16-8-3-9-17-27)37(41-36,28-18-10-4-11-19-28)29-20-12-5-13-21-29/h2-25H,1H3. The largest absolute Gasteiger partial charge is 0.497 e. The van der Waals surface area contributed by atoms with Crippen LogP contribution in [0.15, 0.2) is 156 Å². The summed E-state index contributed by atoms with van der Waals surface area (Å²) in [5, 5.41) is 0.522. The molecule has 208 valence electrons. The molecule has 43 heavy (non-hydrogen) atoms. The molecule has 0 N–H and O–H groups in total. The predicted octanol–water partition coefficient (Wildman–Crippen LogP) is 8.53. The van der Waals surface area contributed by atoms with E-state index >= 15 is 0 Å². The monoisotopic (exact) mass is 578 g/mol. The Balaban J connectivity index is 1.56. The number of rotatable bonds is 6. The molecule has 5 nitrogen and oxygen atoms in total. The lowest BCUT2D eigenvalue weighted by atomic mass is 9.77. The van der Waals surface area contributed by atoms with E-state index in [4.69, 9.17) is 31.3 Å². The zero-order valence-electron chi connectivity index (χ0n) is 23.4. The molecular weight excluding hydrogens is 552 g/mol. The van der Waals surface area contributed by atoms with Crippen molar-refractivity contribution in [2.24, 2.45) is 9.98 Å². The maximum absolute atomic E-state index is 6.84. The van der Waals surface area contributed by atoms with E-state index < -0.39 is 5.54 Å². The summed E-state index contributed by atoms with van der Waals surface area (Å²) in [4.78, 5) is 15.8. The average molecular weight is 579 g/mol. The molecule has 0 saturated heterocycles. The molecule has 1 aliphatic heterocycles. The van der Waals surface area contributed by atoms with Gasteiger partial charge < -0.3 is 4.74 Å². The van der Waals surface area contributed by atoms with Crippen LogP contribution in [0, 0.1) is 0 Å². The minimum atomic E-state index is -0.904. The molecule has 6 aromatic rings. The second kappa shape index (κ2) is 11.2. The van der Waals surface area contributed by atoms with E-state index in [0.717, 1.165) is 39.2 Å². The number of methoxy groups -OCH3 is 1. The third-order valence-electron chi connectivity index (χ3n) is 7.70. The highest BCUT2D eigenvalue weighted by atomic mass is 35.5. The van der Waals surface area contributed by atoms with Gasteiger partial charge in [0, 0.05) is 11.1 Å². The molecule has 0 aliphatic carbocycles. The molecule has 1 aromatic heterocycles. The molecule has 0 amide bonds. The first-order chi connectivity index (χ1) is 21.2. The highest BCUT2D eigenvalue weighted by Gasteiger charge is 2.45. The van der Waals surface area contributed by atoms with Crippen LogP contribution < -0.4 is 4.74 Å². The lowest BCUT2D eigenvalue weighted by Crippen LogP contribution is -2.34. The molecule has 5 aromatic carbocycles. The topological polar surface area (TPSA) is 51.8 Å². The van der Waals surface area contributed by atoms with Gasteiger partial charge in [0.2, 0.25) is 5.96 Å². The average Bonchev–Trinajstić information content (AvgIpc) is 3.70. The number of halogens is 1. The smallest absolute Gasteiger partial charge is 0.233 e. The zero-order chi connectivity index (χ0) is 29.2. The first-order valence-corrected chi connectivity index (χ1v) is 14.4. The Morgan fingerprint density at radius 2 is 1.23 bits per heavy atom. The Morgan fingerprint density at radius 3 is 1.79 bits per heavy atom. The molecular formula is C37H27ClN4O. The van der Waals surface area contributed by atoms with Crippen molar-refractivity contribution in [3.05, 3.63) is 167 Å². The van der Waals surface area contributed by atoms with Crippen LogP contribution >= 0.6 is 11.6 Å². The van der Waals surface area contributed by atoms with Gasteiger partial charge in [0.15, 0.2) is 5.54 Å². The first kappa shape index (κ1) is 26.6. The molecule has 6 heteroatoms. The van der Waals surface area contributed by atoms with Crippen LogP contribution in [0.1, 0.15) is 16.7 Å². The van der Waals surface area contributed by atoms with Crippen molar-refractivity contribution in [1.29, 1.82) is 0 Å². The summed E-state index contributed by atoms with van der Waals surface area (Å²) in [6, 6.07) is 46.7. The van der Waals surface area contributed by atoms with E-state index in [-0.39, 0.29) is 0 Å². The van der Waals surface area contributed by atoms with Gasteiger partial charge in [-0.2, -0.15) is 0 Å². The Hall–Kier alpha value is -5.26. The summed E-state index contributed by atoms with van der Waals surface area (Å²) in [5.41, 5.74) is 5.54. The highest BCUT2D eigenvalue weighted by Crippen LogP contribution is 2.43. The van der Waals surface area contributed by atoms with Crippen LogP contribution in [0.2, 0.25) is 5.02 Å². The lowest BCUT2D eigenvalue weighted by Gasteiger charge is -2.29. The molecule has 0 bridgehead atoms. The van der Waals surface area contributed by atoms with Crippen LogP contribution in [0.4, 0.5) is 0 Å². The Bertz CT molecular complexity index is 1910. The second-order valence-corrected chi connectivity index (χ2v) is 10.6. The normalized spacial score (nSPS) is 13.8. The van der Waals surface area contributed by atoms with Crippen molar-refractivity contribution in [3.63, 3.8) is 0 Å². The molecule has 0 unspecified atom stereocenters. The SMILES string of the molecule is COc1ccc(-c2ncc(-c3ccccc3)n2C2=NC(c3ccccc3)(c3ccccc3)C(c3ccccc3)=N2)c(Cl)c1. The van der Waals surface area contributed by atoms with Gasteiger partial charge in [-0.05, 0) is 34.9 Å². The fraction of sp³-hybridized carbons (Fsp3) is 0.0541. The predicted molar refractivity (Wildman–Crippen MR) is 174 cm³/mol. The first-order valence-electron chi connectivity index (χ1n) is 14.0. The van der Waals surface area contributed by atoms with Crippen LogP contribution in [0.25, 0.3) is 22.6 Å². The van der Waals surface area contributed by atoms with E-state index in [9.17, 15) is 0 Å². The van der Waals surface area contributed by atoms with Crippen molar-refractivity contribution in [1.82, 2.24) is 9.55 Å². The number of imidazole rings is 1. The van der Waals surface area contributed by atoms with E-state index in [2.05, 4.69) is 48.5 Å². The third kappa shape index (κ3) is 4.64. The van der Waals surface area contributed by atoms with Crippen molar-refractivity contribution in [2.45, 2.75) is 5.54 Å². The van der Waals surface area contributed by atoms with Crippen LogP contribution in [-0.2, 0) is 5.54 Å². The summed E-state index contributed by atoms with van der Waals surface area (Å²) < 4.78 is 7.44. The fourth-order valence-corrected chi connectivity index (χ4v) is 5.92. The van der Waals surface area contributed by atoms with Crippen LogP contribution in [-0.4, -0.2) is 28.3 Å². The molecule has 2 heterocycles. The van der Waals surface area contributed by atoms with Crippen molar-refractivity contribution in [3.8, 4) is 28.4 Å². The van der Waals surface area contributed by atoms with E-state index in [0.29, 0.717) is 22.6 Å². The summed E-state index contributed by atoms with van der Waals surface area (Å²) in [6.45, 7) is 0. The minimum Gasteiger partial charge on any atom is -0.497 e. The Morgan fingerprint density at radius 1 is 0.674 bits per heavy atom. The highest BCUT2D eigenvalue weighted by molar-refractivity contribution is 6.33. The van der Waals surface area contributed by atoms with E-state index in [1.54, 1.807) is 13.2 Å². The quantitative estimate of drug-likeness (QED) is 0.199. The van der Waals surface area contributed by atoms with Gasteiger partial charge in [-0.1, -0.05) is 133 Å². The molecule has 0 spiro atoms. The lowest BCUT2D eigenvalue weighted by molar-refractivity contribution is 0.415. The second-order valence-electron chi connectivity index (χ2n) is 10.2. The number of aromatic nitrogens is 2. The Labute approximate surface area is 255 Å². The van der Waals surface area contributed by atoms with E-state index in [1.165, 1.54) is 0 Å². The minimum absolute atomic E-state index is 0.518. The molecule has 7 rings (SSSR count). The van der Waals surface area contributed by atoms with Crippen LogP contribution in [0.5, 0.6) is 5.75 Å². The van der Waals surface area contributed by atoms with Crippen molar-refractivity contribution >= 4 is 23.3 Å². The summed E-state index contributed by atoms with van der Waals surface area (Å²) in [5.74, 6) is 1.83. The number of hydrogen-bond donors (Lipinski definition) is 0. The number of nitrogens with zero attached hydrogens (tertiary/aromatic N) is 4. The summed E-state index contributed by atoms with van der Waals surface area (Å²) in [7, 11) is 1.62. The molecule has 1 aliphatic rings. The Kier molecular flexibility index (Phi) is 6.93. The maximum atomic E-state index is 6.84. The van der Waals surface area contributed by atoms with Crippen molar-refractivity contribution < 1.29 is 4.74 Å². The fourth-order valence-electron chi connectivity index (χ4n) is 5.67. The molecule has 0 radical (unpaired) electrons. The van der Waals surface area contributed by atoms with Gasteiger partial charge in [0.25, 0.3) is 0 Å². The zero-order valence-corrected chi connectivity index (χ0v) is 24.2.